The first-order chi connectivity index (χ1) is 11.2. The lowest BCUT2D eigenvalue weighted by atomic mass is 10.1. The molecule has 118 valence electrons. The van der Waals surface area contributed by atoms with E-state index in [1.54, 1.807) is 25.3 Å². The van der Waals surface area contributed by atoms with E-state index in [1.807, 2.05) is 24.3 Å². The van der Waals surface area contributed by atoms with E-state index in [9.17, 15) is 9.59 Å². The van der Waals surface area contributed by atoms with Crippen LogP contribution in [0.1, 0.15) is 15.9 Å². The van der Waals surface area contributed by atoms with Crippen molar-refractivity contribution in [1.82, 2.24) is 5.32 Å². The number of benzene rings is 2. The molecule has 0 aliphatic carbocycles. The largest absolute Gasteiger partial charge is 0.497 e. The monoisotopic (exact) mass is 312 g/mol. The van der Waals surface area contributed by atoms with E-state index < -0.39 is 0 Å². The van der Waals surface area contributed by atoms with Crippen molar-refractivity contribution in [1.29, 1.82) is 0 Å². The molecule has 0 atom stereocenters. The first-order valence-electron chi connectivity index (χ1n) is 7.14. The fourth-order valence-corrected chi connectivity index (χ4v) is 2.31. The van der Waals surface area contributed by atoms with E-state index in [0.717, 1.165) is 11.3 Å². The maximum absolute atomic E-state index is 12.4. The Labute approximate surface area is 133 Å². The number of carbonyl (C=O) groups excluding carboxylic acids is 2. The molecule has 0 fully saturated rings. The van der Waals surface area contributed by atoms with Gasteiger partial charge in [-0.15, -0.1) is 0 Å². The highest BCUT2D eigenvalue weighted by atomic mass is 16.5. The van der Waals surface area contributed by atoms with Crippen LogP contribution in [0.5, 0.6) is 11.5 Å². The van der Waals surface area contributed by atoms with Crippen molar-refractivity contribution < 1.29 is 19.1 Å². The standard InChI is InChI=1S/C17H16N2O4/c1-22-12-7-5-11(6-8-12)9-18-17(21)13-3-2-4-14-16(13)19-15(20)10-23-14/h2-8H,9-10H2,1H3,(H,18,21)(H,19,20). The Morgan fingerprint density at radius 3 is 2.78 bits per heavy atom. The Hall–Kier alpha value is -3.02. The minimum atomic E-state index is -0.275. The molecule has 0 aromatic heterocycles. The van der Waals surface area contributed by atoms with Crippen LogP contribution in [0.15, 0.2) is 42.5 Å². The van der Waals surface area contributed by atoms with Crippen molar-refractivity contribution in [3.05, 3.63) is 53.6 Å². The van der Waals surface area contributed by atoms with Gasteiger partial charge in [-0.1, -0.05) is 18.2 Å². The van der Waals surface area contributed by atoms with Gasteiger partial charge in [-0.25, -0.2) is 0 Å². The molecule has 6 nitrogen and oxygen atoms in total. The van der Waals surface area contributed by atoms with Crippen molar-refractivity contribution >= 4 is 17.5 Å². The van der Waals surface area contributed by atoms with Gasteiger partial charge in [0, 0.05) is 6.54 Å². The summed E-state index contributed by atoms with van der Waals surface area (Å²) >= 11 is 0. The van der Waals surface area contributed by atoms with E-state index in [1.165, 1.54) is 0 Å². The fraction of sp³-hybridized carbons (Fsp3) is 0.176. The van der Waals surface area contributed by atoms with Gasteiger partial charge in [-0.2, -0.15) is 0 Å². The highest BCUT2D eigenvalue weighted by Gasteiger charge is 2.22. The average molecular weight is 312 g/mol. The topological polar surface area (TPSA) is 76.7 Å². The summed E-state index contributed by atoms with van der Waals surface area (Å²) in [6.07, 6.45) is 0. The number of rotatable bonds is 4. The van der Waals surface area contributed by atoms with Gasteiger partial charge in [-0.3, -0.25) is 9.59 Å². The second-order valence-corrected chi connectivity index (χ2v) is 5.05. The summed E-state index contributed by atoms with van der Waals surface area (Å²) in [6, 6.07) is 12.5. The van der Waals surface area contributed by atoms with E-state index in [-0.39, 0.29) is 18.4 Å². The van der Waals surface area contributed by atoms with E-state index in [2.05, 4.69) is 10.6 Å². The van der Waals surface area contributed by atoms with Crippen LogP contribution >= 0.6 is 0 Å². The van der Waals surface area contributed by atoms with Crippen molar-refractivity contribution in [2.75, 3.05) is 19.0 Å². The molecular formula is C17H16N2O4. The zero-order chi connectivity index (χ0) is 16.2. The molecule has 0 unspecified atom stereocenters. The van der Waals surface area contributed by atoms with Gasteiger partial charge in [-0.05, 0) is 29.8 Å². The summed E-state index contributed by atoms with van der Waals surface area (Å²) in [6.45, 7) is 0.339. The third kappa shape index (κ3) is 3.26. The molecule has 2 N–H and O–H groups in total. The van der Waals surface area contributed by atoms with Gasteiger partial charge >= 0.3 is 0 Å². The molecule has 0 bridgehead atoms. The highest BCUT2D eigenvalue weighted by Crippen LogP contribution is 2.31. The van der Waals surface area contributed by atoms with Crippen LogP contribution in [0.25, 0.3) is 0 Å². The smallest absolute Gasteiger partial charge is 0.262 e. The first kappa shape index (κ1) is 14.9. The number of fused-ring (bicyclic) bond motifs is 1. The second-order valence-electron chi connectivity index (χ2n) is 5.05. The zero-order valence-electron chi connectivity index (χ0n) is 12.6. The first-order valence-corrected chi connectivity index (χ1v) is 7.14. The molecule has 6 heteroatoms. The molecule has 2 amide bonds. The Bertz CT molecular complexity index is 741. The fourth-order valence-electron chi connectivity index (χ4n) is 2.31. The third-order valence-electron chi connectivity index (χ3n) is 3.51. The molecule has 1 aliphatic rings. The lowest BCUT2D eigenvalue weighted by Crippen LogP contribution is -2.29. The Morgan fingerprint density at radius 2 is 2.04 bits per heavy atom. The highest BCUT2D eigenvalue weighted by molar-refractivity contribution is 6.06. The van der Waals surface area contributed by atoms with Gasteiger partial charge in [0.2, 0.25) is 0 Å². The number of hydrogen-bond donors (Lipinski definition) is 2. The lowest BCUT2D eigenvalue weighted by Gasteiger charge is -2.20. The Kier molecular flexibility index (Phi) is 4.14. The van der Waals surface area contributed by atoms with E-state index >= 15 is 0 Å². The molecule has 3 rings (SSSR count). The van der Waals surface area contributed by atoms with Crippen LogP contribution in [0.2, 0.25) is 0 Å². The summed E-state index contributed by atoms with van der Waals surface area (Å²) in [5.41, 5.74) is 1.74. The molecule has 23 heavy (non-hydrogen) atoms. The van der Waals surface area contributed by atoms with Crippen LogP contribution in [0, 0.1) is 0 Å². The molecule has 0 spiro atoms. The SMILES string of the molecule is COc1ccc(CNC(=O)c2cccc3c2NC(=O)CO3)cc1. The van der Waals surface area contributed by atoms with Gasteiger partial charge in [0.05, 0.1) is 18.4 Å². The van der Waals surface area contributed by atoms with Crippen LogP contribution in [0.3, 0.4) is 0 Å². The molecule has 1 aliphatic heterocycles. The summed E-state index contributed by atoms with van der Waals surface area (Å²) < 4.78 is 10.4. The summed E-state index contributed by atoms with van der Waals surface area (Å²) in [5, 5.41) is 5.51. The number of nitrogens with one attached hydrogen (secondary N) is 2. The average Bonchev–Trinajstić information content (AvgIpc) is 2.59. The number of para-hydroxylation sites is 1. The van der Waals surface area contributed by atoms with Crippen LogP contribution in [-0.2, 0) is 11.3 Å². The molecule has 0 saturated heterocycles. The molecule has 1 heterocycles. The number of hydrogen-bond acceptors (Lipinski definition) is 4. The zero-order valence-corrected chi connectivity index (χ0v) is 12.6. The number of methoxy groups -OCH3 is 1. The quantitative estimate of drug-likeness (QED) is 0.905. The van der Waals surface area contributed by atoms with Crippen LogP contribution < -0.4 is 20.1 Å². The number of ether oxygens (including phenoxy) is 2. The van der Waals surface area contributed by atoms with Gasteiger partial charge in [0.1, 0.15) is 11.5 Å². The number of carbonyl (C=O) groups is 2. The molecule has 0 saturated carbocycles. The molecule has 2 aromatic carbocycles. The second kappa shape index (κ2) is 6.39. The van der Waals surface area contributed by atoms with Crippen molar-refractivity contribution in [3.8, 4) is 11.5 Å². The molecular weight excluding hydrogens is 296 g/mol. The maximum atomic E-state index is 12.4. The minimum Gasteiger partial charge on any atom is -0.497 e. The van der Waals surface area contributed by atoms with Gasteiger partial charge < -0.3 is 20.1 Å². The maximum Gasteiger partial charge on any atom is 0.262 e. The van der Waals surface area contributed by atoms with Crippen molar-refractivity contribution in [3.63, 3.8) is 0 Å². The Morgan fingerprint density at radius 1 is 1.26 bits per heavy atom. The number of amides is 2. The predicted octanol–water partition coefficient (Wildman–Crippen LogP) is 1.96. The Balaban J connectivity index is 1.72. The number of anilines is 1. The minimum absolute atomic E-state index is 0.0378. The lowest BCUT2D eigenvalue weighted by molar-refractivity contribution is -0.118. The van der Waals surface area contributed by atoms with E-state index in [0.29, 0.717) is 23.5 Å². The summed E-state index contributed by atoms with van der Waals surface area (Å²) in [4.78, 5) is 23.8. The normalized spacial score (nSPS) is 12.7. The summed E-state index contributed by atoms with van der Waals surface area (Å²) in [7, 11) is 1.60. The van der Waals surface area contributed by atoms with Gasteiger partial charge in [0.25, 0.3) is 11.8 Å². The van der Waals surface area contributed by atoms with Crippen LogP contribution in [0.4, 0.5) is 5.69 Å². The van der Waals surface area contributed by atoms with Crippen molar-refractivity contribution in [2.45, 2.75) is 6.54 Å². The molecule has 2 aromatic rings. The van der Waals surface area contributed by atoms with E-state index in [4.69, 9.17) is 9.47 Å². The third-order valence-corrected chi connectivity index (χ3v) is 3.51. The molecule has 0 radical (unpaired) electrons. The van der Waals surface area contributed by atoms with Crippen LogP contribution in [-0.4, -0.2) is 25.5 Å². The predicted molar refractivity (Wildman–Crippen MR) is 84.7 cm³/mol. The van der Waals surface area contributed by atoms with Crippen molar-refractivity contribution in [2.24, 2.45) is 0 Å². The summed E-state index contributed by atoms with van der Waals surface area (Å²) in [5.74, 6) is 0.718. The van der Waals surface area contributed by atoms with Gasteiger partial charge in [0.15, 0.2) is 6.61 Å².